The molecule has 2 aromatic rings. The molecule has 2 amide bonds. The fourth-order valence-corrected chi connectivity index (χ4v) is 3.42. The highest BCUT2D eigenvalue weighted by molar-refractivity contribution is 6.04. The van der Waals surface area contributed by atoms with Crippen molar-refractivity contribution in [2.24, 2.45) is 0 Å². The lowest BCUT2D eigenvalue weighted by molar-refractivity contribution is -0.115. The van der Waals surface area contributed by atoms with E-state index in [0.717, 1.165) is 31.2 Å². The largest absolute Gasteiger partial charge is 0.349 e. The van der Waals surface area contributed by atoms with Crippen LogP contribution in [-0.4, -0.2) is 24.4 Å². The molecule has 0 aromatic heterocycles. The summed E-state index contributed by atoms with van der Waals surface area (Å²) in [4.78, 5) is 24.9. The van der Waals surface area contributed by atoms with Crippen molar-refractivity contribution < 1.29 is 9.59 Å². The Morgan fingerprint density at radius 3 is 2.41 bits per heavy atom. The van der Waals surface area contributed by atoms with Crippen LogP contribution in [0.5, 0.6) is 0 Å². The molecular weight excluding hydrogens is 338 g/mol. The van der Waals surface area contributed by atoms with Gasteiger partial charge in [0.15, 0.2) is 0 Å². The van der Waals surface area contributed by atoms with Gasteiger partial charge < -0.3 is 16.0 Å². The topological polar surface area (TPSA) is 70.2 Å². The van der Waals surface area contributed by atoms with Crippen molar-refractivity contribution in [2.45, 2.75) is 44.7 Å². The van der Waals surface area contributed by atoms with Gasteiger partial charge in [0.1, 0.15) is 0 Å². The van der Waals surface area contributed by atoms with Gasteiger partial charge in [-0.2, -0.15) is 0 Å². The molecule has 1 atom stereocenters. The van der Waals surface area contributed by atoms with E-state index < -0.39 is 0 Å². The molecule has 3 rings (SSSR count). The number of benzene rings is 2. The Morgan fingerprint density at radius 2 is 1.67 bits per heavy atom. The zero-order chi connectivity index (χ0) is 19.1. The van der Waals surface area contributed by atoms with E-state index in [4.69, 9.17) is 0 Å². The van der Waals surface area contributed by atoms with Gasteiger partial charge >= 0.3 is 0 Å². The number of amides is 2. The number of para-hydroxylation sites is 1. The lowest BCUT2D eigenvalue weighted by Gasteiger charge is -2.16. The van der Waals surface area contributed by atoms with Crippen LogP contribution in [0.2, 0.25) is 0 Å². The molecule has 5 heteroatoms. The van der Waals surface area contributed by atoms with Crippen molar-refractivity contribution in [3.05, 3.63) is 65.7 Å². The Balaban J connectivity index is 1.56. The number of hydrogen-bond donors (Lipinski definition) is 3. The summed E-state index contributed by atoms with van der Waals surface area (Å²) in [5.74, 6) is -0.290. The molecule has 1 aliphatic rings. The Kier molecular flexibility index (Phi) is 6.60. The molecule has 2 aromatic carbocycles. The lowest BCUT2D eigenvalue weighted by Crippen LogP contribution is -2.34. The van der Waals surface area contributed by atoms with E-state index in [0.29, 0.717) is 11.3 Å². The van der Waals surface area contributed by atoms with Crippen LogP contribution in [0.25, 0.3) is 0 Å². The smallest absolute Gasteiger partial charge is 0.253 e. The lowest BCUT2D eigenvalue weighted by atomic mass is 10.1. The van der Waals surface area contributed by atoms with Crippen molar-refractivity contribution in [1.29, 1.82) is 0 Å². The SMILES string of the molecule is CC(NCC(=O)Nc1ccccc1C(=O)NC1CCCC1)c1ccccc1. The van der Waals surface area contributed by atoms with Crippen molar-refractivity contribution in [1.82, 2.24) is 10.6 Å². The first-order valence-electron chi connectivity index (χ1n) is 9.61. The summed E-state index contributed by atoms with van der Waals surface area (Å²) >= 11 is 0. The van der Waals surface area contributed by atoms with Crippen LogP contribution in [0.1, 0.15) is 54.6 Å². The van der Waals surface area contributed by atoms with Gasteiger partial charge in [-0.05, 0) is 37.5 Å². The van der Waals surface area contributed by atoms with Crippen molar-refractivity contribution >= 4 is 17.5 Å². The summed E-state index contributed by atoms with van der Waals surface area (Å²) in [5.41, 5.74) is 2.18. The maximum Gasteiger partial charge on any atom is 0.253 e. The van der Waals surface area contributed by atoms with Gasteiger partial charge in [-0.15, -0.1) is 0 Å². The molecule has 0 bridgehead atoms. The van der Waals surface area contributed by atoms with Crippen LogP contribution in [-0.2, 0) is 4.79 Å². The van der Waals surface area contributed by atoms with E-state index in [-0.39, 0.29) is 30.4 Å². The fourth-order valence-electron chi connectivity index (χ4n) is 3.42. The molecule has 0 spiro atoms. The van der Waals surface area contributed by atoms with Crippen molar-refractivity contribution in [3.63, 3.8) is 0 Å². The summed E-state index contributed by atoms with van der Waals surface area (Å²) in [5, 5.41) is 9.15. The zero-order valence-electron chi connectivity index (χ0n) is 15.7. The van der Waals surface area contributed by atoms with Crippen molar-refractivity contribution in [2.75, 3.05) is 11.9 Å². The molecule has 0 saturated heterocycles. The molecule has 5 nitrogen and oxygen atoms in total. The van der Waals surface area contributed by atoms with E-state index in [2.05, 4.69) is 16.0 Å². The number of carbonyl (C=O) groups is 2. The van der Waals surface area contributed by atoms with Gasteiger partial charge in [-0.3, -0.25) is 9.59 Å². The summed E-state index contributed by atoms with van der Waals surface area (Å²) in [6.45, 7) is 2.19. The number of carbonyl (C=O) groups excluding carboxylic acids is 2. The van der Waals surface area contributed by atoms with E-state index in [1.54, 1.807) is 12.1 Å². The predicted octanol–water partition coefficient (Wildman–Crippen LogP) is 3.65. The second-order valence-corrected chi connectivity index (χ2v) is 7.06. The molecule has 27 heavy (non-hydrogen) atoms. The molecule has 0 heterocycles. The fraction of sp³-hybridized carbons (Fsp3) is 0.364. The quantitative estimate of drug-likeness (QED) is 0.701. The average Bonchev–Trinajstić information content (AvgIpc) is 3.20. The number of hydrogen-bond acceptors (Lipinski definition) is 3. The predicted molar refractivity (Wildman–Crippen MR) is 108 cm³/mol. The Morgan fingerprint density at radius 1 is 1.00 bits per heavy atom. The number of anilines is 1. The minimum Gasteiger partial charge on any atom is -0.349 e. The normalized spacial score (nSPS) is 15.3. The Bertz CT molecular complexity index is 770. The van der Waals surface area contributed by atoms with Gasteiger partial charge in [-0.1, -0.05) is 55.3 Å². The van der Waals surface area contributed by atoms with Gasteiger partial charge in [-0.25, -0.2) is 0 Å². The minimum atomic E-state index is -0.168. The first-order chi connectivity index (χ1) is 13.1. The standard InChI is InChI=1S/C22H27N3O2/c1-16(17-9-3-2-4-10-17)23-15-21(26)25-20-14-8-7-13-19(20)22(27)24-18-11-5-6-12-18/h2-4,7-10,13-14,16,18,23H,5-6,11-12,15H2,1H3,(H,24,27)(H,25,26). The summed E-state index contributed by atoms with van der Waals surface area (Å²) in [6.07, 6.45) is 4.38. The average molecular weight is 365 g/mol. The van der Waals surface area contributed by atoms with Crippen LogP contribution in [0.15, 0.2) is 54.6 Å². The van der Waals surface area contributed by atoms with Crippen LogP contribution >= 0.6 is 0 Å². The van der Waals surface area contributed by atoms with E-state index in [1.807, 2.05) is 49.4 Å². The molecule has 0 aliphatic heterocycles. The molecule has 1 fully saturated rings. The van der Waals surface area contributed by atoms with Crippen LogP contribution < -0.4 is 16.0 Å². The molecule has 142 valence electrons. The van der Waals surface area contributed by atoms with Gasteiger partial charge in [0.05, 0.1) is 17.8 Å². The van der Waals surface area contributed by atoms with Gasteiger partial charge in [0.2, 0.25) is 5.91 Å². The highest BCUT2D eigenvalue weighted by Gasteiger charge is 2.20. The molecule has 1 saturated carbocycles. The Hall–Kier alpha value is -2.66. The van der Waals surface area contributed by atoms with E-state index in [9.17, 15) is 9.59 Å². The van der Waals surface area contributed by atoms with E-state index in [1.165, 1.54) is 0 Å². The minimum absolute atomic E-state index is 0.0675. The third-order valence-corrected chi connectivity index (χ3v) is 5.00. The summed E-state index contributed by atoms with van der Waals surface area (Å²) in [6, 6.07) is 17.4. The maximum atomic E-state index is 12.6. The van der Waals surface area contributed by atoms with Crippen LogP contribution in [0, 0.1) is 0 Å². The second kappa shape index (κ2) is 9.33. The van der Waals surface area contributed by atoms with Gasteiger partial charge in [0, 0.05) is 12.1 Å². The molecule has 0 radical (unpaired) electrons. The first-order valence-corrected chi connectivity index (χ1v) is 9.61. The third-order valence-electron chi connectivity index (χ3n) is 5.00. The molecule has 1 unspecified atom stereocenters. The van der Waals surface area contributed by atoms with Crippen molar-refractivity contribution in [3.8, 4) is 0 Å². The number of rotatable bonds is 7. The maximum absolute atomic E-state index is 12.6. The summed E-state index contributed by atoms with van der Waals surface area (Å²) in [7, 11) is 0. The Labute approximate surface area is 160 Å². The highest BCUT2D eigenvalue weighted by Crippen LogP contribution is 2.20. The number of nitrogens with one attached hydrogen (secondary N) is 3. The van der Waals surface area contributed by atoms with Gasteiger partial charge in [0.25, 0.3) is 5.91 Å². The summed E-state index contributed by atoms with van der Waals surface area (Å²) < 4.78 is 0. The monoisotopic (exact) mass is 365 g/mol. The molecular formula is C22H27N3O2. The molecule has 1 aliphatic carbocycles. The van der Waals surface area contributed by atoms with E-state index >= 15 is 0 Å². The zero-order valence-corrected chi connectivity index (χ0v) is 15.7. The highest BCUT2D eigenvalue weighted by atomic mass is 16.2. The second-order valence-electron chi connectivity index (χ2n) is 7.06. The van der Waals surface area contributed by atoms with Crippen LogP contribution in [0.3, 0.4) is 0 Å². The molecule has 3 N–H and O–H groups in total. The first kappa shape index (κ1) is 19.1. The van der Waals surface area contributed by atoms with Crippen LogP contribution in [0.4, 0.5) is 5.69 Å². The third kappa shape index (κ3) is 5.41.